The number of carboxylic acids is 2. The quantitative estimate of drug-likeness (QED) is 0.622. The molecule has 4 N–H and O–H groups in total. The van der Waals surface area contributed by atoms with Gasteiger partial charge in [0.15, 0.2) is 11.9 Å². The molecule has 8 heteroatoms. The highest BCUT2D eigenvalue weighted by Crippen LogP contribution is 2.37. The number of benzene rings is 1. The Balaban J connectivity index is 0.000000299. The van der Waals surface area contributed by atoms with Crippen LogP contribution in [-0.2, 0) is 19.9 Å². The predicted octanol–water partition coefficient (Wildman–Crippen LogP) is 1.80. The lowest BCUT2D eigenvalue weighted by molar-refractivity contribution is -0.152. The lowest BCUT2D eigenvalue weighted by atomic mass is 9.75. The molecule has 2 atom stereocenters. The molecule has 0 aromatic heterocycles. The Morgan fingerprint density at radius 2 is 1.92 bits per heavy atom. The number of nitrogens with one attached hydrogen (secondary N) is 1. The van der Waals surface area contributed by atoms with Gasteiger partial charge < -0.3 is 20.6 Å². The minimum atomic E-state index is -1.79. The number of hydrogen-bond acceptors (Lipinski definition) is 5. The molecule has 2 unspecified atom stereocenters. The van der Waals surface area contributed by atoms with Crippen molar-refractivity contribution in [2.75, 3.05) is 7.05 Å². The summed E-state index contributed by atoms with van der Waals surface area (Å²) in [5.74, 6) is -2.59. The van der Waals surface area contributed by atoms with Crippen LogP contribution in [0.3, 0.4) is 0 Å². The molecule has 1 fully saturated rings. The number of carbonyl (C=O) groups is 3. The summed E-state index contributed by atoms with van der Waals surface area (Å²) in [7, 11) is 1.84. The molecule has 0 saturated heterocycles. The van der Waals surface area contributed by atoms with Crippen LogP contribution >= 0.6 is 11.6 Å². The normalized spacial score (nSPS) is 21.0. The van der Waals surface area contributed by atoms with Crippen LogP contribution in [0, 0.1) is 0 Å². The first kappa shape index (κ1) is 21.1. The maximum absolute atomic E-state index is 12.2. The van der Waals surface area contributed by atoms with Gasteiger partial charge in [0.1, 0.15) is 5.54 Å². The van der Waals surface area contributed by atoms with E-state index in [1.807, 2.05) is 31.3 Å². The summed E-state index contributed by atoms with van der Waals surface area (Å²) in [6.07, 6.45) is 1.00. The Bertz CT molecular complexity index is 635. The van der Waals surface area contributed by atoms with E-state index in [0.29, 0.717) is 11.4 Å². The Kier molecular flexibility index (Phi) is 8.02. The van der Waals surface area contributed by atoms with Gasteiger partial charge in [0.25, 0.3) is 0 Å². The van der Waals surface area contributed by atoms with Crippen molar-refractivity contribution in [1.29, 1.82) is 0 Å². The maximum atomic E-state index is 12.2. The number of carboxylic acid groups (broad SMARTS) is 2. The molecular formula is C17H22ClNO6. The number of aliphatic hydroxyl groups excluding tert-OH is 1. The zero-order chi connectivity index (χ0) is 19.0. The number of carbonyl (C=O) groups excluding carboxylic acids is 1. The molecule has 138 valence electrons. The molecule has 0 aliphatic heterocycles. The van der Waals surface area contributed by atoms with Crippen LogP contribution in [0.25, 0.3) is 0 Å². The number of aliphatic hydroxyl groups is 1. The van der Waals surface area contributed by atoms with Gasteiger partial charge in [-0.1, -0.05) is 36.2 Å². The molecule has 0 amide bonds. The van der Waals surface area contributed by atoms with Crippen LogP contribution < -0.4 is 5.32 Å². The number of Topliss-reactive ketones (excluding diaryl/α,β-unsaturated/α-hetero) is 1. The Morgan fingerprint density at radius 3 is 2.36 bits per heavy atom. The van der Waals surface area contributed by atoms with Crippen LogP contribution in [0.2, 0.25) is 5.02 Å². The largest absolute Gasteiger partial charge is 0.481 e. The number of likely N-dealkylation sites (N-methyl/N-ethyl adjacent to an activating group) is 1. The van der Waals surface area contributed by atoms with Gasteiger partial charge in [0.2, 0.25) is 0 Å². The Labute approximate surface area is 150 Å². The number of ketones is 1. The summed E-state index contributed by atoms with van der Waals surface area (Å²) < 4.78 is 0. The molecule has 0 heterocycles. The smallest absolute Gasteiger partial charge is 0.333 e. The minimum absolute atomic E-state index is 0.259. The zero-order valence-electron chi connectivity index (χ0n) is 13.9. The molecular weight excluding hydrogens is 350 g/mol. The summed E-state index contributed by atoms with van der Waals surface area (Å²) in [6, 6.07) is 7.62. The van der Waals surface area contributed by atoms with E-state index in [4.69, 9.17) is 26.9 Å². The van der Waals surface area contributed by atoms with Gasteiger partial charge >= 0.3 is 11.9 Å². The lowest BCUT2D eigenvalue weighted by Gasteiger charge is -2.36. The van der Waals surface area contributed by atoms with Gasteiger partial charge in [-0.2, -0.15) is 0 Å². The van der Waals surface area contributed by atoms with E-state index in [1.165, 1.54) is 0 Å². The van der Waals surface area contributed by atoms with Crippen molar-refractivity contribution in [1.82, 2.24) is 5.32 Å². The molecule has 2 rings (SSSR count). The molecule has 1 aliphatic rings. The summed E-state index contributed by atoms with van der Waals surface area (Å²) in [5.41, 5.74) is 0.361. The van der Waals surface area contributed by atoms with E-state index >= 15 is 0 Å². The van der Waals surface area contributed by atoms with E-state index in [2.05, 4.69) is 5.32 Å². The second-order valence-corrected chi connectivity index (χ2v) is 6.12. The third kappa shape index (κ3) is 5.52. The summed E-state index contributed by atoms with van der Waals surface area (Å²) in [4.78, 5) is 31.6. The highest BCUT2D eigenvalue weighted by atomic mass is 35.5. The van der Waals surface area contributed by atoms with Crippen molar-refractivity contribution in [3.8, 4) is 0 Å². The van der Waals surface area contributed by atoms with E-state index in [0.717, 1.165) is 24.8 Å². The van der Waals surface area contributed by atoms with Crippen molar-refractivity contribution in [3.63, 3.8) is 0 Å². The Morgan fingerprint density at radius 1 is 1.28 bits per heavy atom. The topological polar surface area (TPSA) is 124 Å². The highest BCUT2D eigenvalue weighted by molar-refractivity contribution is 6.31. The molecule has 1 aromatic carbocycles. The Hall–Kier alpha value is -1.96. The number of aliphatic carboxylic acids is 2. The van der Waals surface area contributed by atoms with Crippen molar-refractivity contribution in [3.05, 3.63) is 34.9 Å². The van der Waals surface area contributed by atoms with Gasteiger partial charge in [-0.25, -0.2) is 4.79 Å². The molecule has 0 spiro atoms. The van der Waals surface area contributed by atoms with Crippen LogP contribution in [0.5, 0.6) is 0 Å². The third-order valence-corrected chi connectivity index (χ3v) is 4.42. The van der Waals surface area contributed by atoms with Crippen molar-refractivity contribution in [2.45, 2.75) is 43.7 Å². The average molecular weight is 372 g/mol. The van der Waals surface area contributed by atoms with E-state index < -0.39 is 30.0 Å². The van der Waals surface area contributed by atoms with Crippen LogP contribution in [0.1, 0.15) is 37.7 Å². The first-order valence-electron chi connectivity index (χ1n) is 7.84. The summed E-state index contributed by atoms with van der Waals surface area (Å²) in [5, 5.41) is 28.0. The van der Waals surface area contributed by atoms with Gasteiger partial charge in [-0.15, -0.1) is 0 Å². The first-order valence-corrected chi connectivity index (χ1v) is 8.22. The van der Waals surface area contributed by atoms with Crippen molar-refractivity contribution >= 4 is 29.3 Å². The minimum Gasteiger partial charge on any atom is -0.481 e. The summed E-state index contributed by atoms with van der Waals surface area (Å²) >= 11 is 6.20. The van der Waals surface area contributed by atoms with Gasteiger partial charge in [0, 0.05) is 11.4 Å². The molecule has 25 heavy (non-hydrogen) atoms. The van der Waals surface area contributed by atoms with Crippen molar-refractivity contribution in [2.24, 2.45) is 0 Å². The van der Waals surface area contributed by atoms with Gasteiger partial charge in [0.05, 0.1) is 6.42 Å². The lowest BCUT2D eigenvalue weighted by Crippen LogP contribution is -2.49. The molecule has 1 aliphatic carbocycles. The number of rotatable bonds is 5. The molecule has 0 radical (unpaired) electrons. The predicted molar refractivity (Wildman–Crippen MR) is 91.6 cm³/mol. The molecule has 1 saturated carbocycles. The molecule has 1 aromatic rings. The summed E-state index contributed by atoms with van der Waals surface area (Å²) in [6.45, 7) is 0. The molecule has 0 bridgehead atoms. The fourth-order valence-electron chi connectivity index (χ4n) is 2.77. The fourth-order valence-corrected chi connectivity index (χ4v) is 3.07. The van der Waals surface area contributed by atoms with Gasteiger partial charge in [-0.3, -0.25) is 9.59 Å². The molecule has 7 nitrogen and oxygen atoms in total. The number of halogens is 1. The van der Waals surface area contributed by atoms with Crippen LogP contribution in [0.15, 0.2) is 24.3 Å². The van der Waals surface area contributed by atoms with Gasteiger partial charge in [-0.05, 0) is 31.5 Å². The number of hydrogen-bond donors (Lipinski definition) is 4. The van der Waals surface area contributed by atoms with E-state index in [1.54, 1.807) is 0 Å². The van der Waals surface area contributed by atoms with E-state index in [-0.39, 0.29) is 5.78 Å². The third-order valence-electron chi connectivity index (χ3n) is 4.10. The van der Waals surface area contributed by atoms with Crippen LogP contribution in [0.4, 0.5) is 0 Å². The second kappa shape index (κ2) is 9.50. The first-order chi connectivity index (χ1) is 11.7. The standard InChI is InChI=1S/C13H16ClNO.C4H6O5/c1-15-13(9-5-4-8-12(13)16)10-6-2-3-7-11(10)14;5-2(4(8)9)1-3(6)7/h2-3,6-7,15H,4-5,8-9H2,1H3;2,5H,1H2,(H,6,7)(H,8,9). The van der Waals surface area contributed by atoms with Crippen molar-refractivity contribution < 1.29 is 29.7 Å². The monoisotopic (exact) mass is 371 g/mol. The average Bonchev–Trinajstić information content (AvgIpc) is 2.56. The second-order valence-electron chi connectivity index (χ2n) is 5.72. The van der Waals surface area contributed by atoms with Crippen LogP contribution in [-0.4, -0.2) is 46.2 Å². The maximum Gasteiger partial charge on any atom is 0.333 e. The fraction of sp³-hybridized carbons (Fsp3) is 0.471. The highest BCUT2D eigenvalue weighted by Gasteiger charge is 2.41. The SMILES string of the molecule is CNC1(c2ccccc2Cl)CCCCC1=O.O=C(O)CC(O)C(=O)O. The van der Waals surface area contributed by atoms with E-state index in [9.17, 15) is 14.4 Å². The zero-order valence-corrected chi connectivity index (χ0v) is 14.6.